The van der Waals surface area contributed by atoms with Crippen molar-refractivity contribution in [2.24, 2.45) is 21.9 Å². The summed E-state index contributed by atoms with van der Waals surface area (Å²) in [6.07, 6.45) is 2.63. The van der Waals surface area contributed by atoms with Crippen LogP contribution in [0.5, 0.6) is 0 Å². The van der Waals surface area contributed by atoms with Gasteiger partial charge in [-0.1, -0.05) is 25.9 Å². The highest BCUT2D eigenvalue weighted by molar-refractivity contribution is 5.94. The molecule has 4 nitrogen and oxygen atoms in total. The van der Waals surface area contributed by atoms with Crippen molar-refractivity contribution in [2.45, 2.75) is 47.0 Å². The molecule has 0 aromatic heterocycles. The van der Waals surface area contributed by atoms with Crippen molar-refractivity contribution < 1.29 is 14.4 Å². The molecule has 0 heterocycles. The smallest absolute Gasteiger partial charge is 0.433 e. The van der Waals surface area contributed by atoms with Crippen LogP contribution in [0.3, 0.4) is 0 Å². The van der Waals surface area contributed by atoms with E-state index in [4.69, 9.17) is 9.57 Å². The summed E-state index contributed by atoms with van der Waals surface area (Å²) < 4.78 is 4.70. The summed E-state index contributed by atoms with van der Waals surface area (Å²) >= 11 is 0. The third kappa shape index (κ3) is 1.74. The lowest BCUT2D eigenvalue weighted by atomic mass is 9.70. The Balaban J connectivity index is 2.10. The maximum Gasteiger partial charge on any atom is 0.535 e. The quantitative estimate of drug-likeness (QED) is 0.421. The zero-order chi connectivity index (χ0) is 12.7. The molecule has 0 saturated heterocycles. The van der Waals surface area contributed by atoms with Gasteiger partial charge in [-0.05, 0) is 37.5 Å². The zero-order valence-corrected chi connectivity index (χ0v) is 11.1. The van der Waals surface area contributed by atoms with E-state index in [9.17, 15) is 4.79 Å². The predicted octanol–water partition coefficient (Wildman–Crippen LogP) is 3.36. The molecule has 0 aliphatic heterocycles. The number of ether oxygens (including phenoxy) is 1. The second kappa shape index (κ2) is 4.00. The SMILES string of the molecule is CCOC(=O)O/N=C1/CC2CCC1(C)C2(C)C. The van der Waals surface area contributed by atoms with Crippen molar-refractivity contribution >= 4 is 11.9 Å². The summed E-state index contributed by atoms with van der Waals surface area (Å²) in [7, 11) is 0. The van der Waals surface area contributed by atoms with Gasteiger partial charge in [0.25, 0.3) is 0 Å². The van der Waals surface area contributed by atoms with Crippen LogP contribution in [0, 0.1) is 16.7 Å². The summed E-state index contributed by atoms with van der Waals surface area (Å²) in [4.78, 5) is 15.9. The summed E-state index contributed by atoms with van der Waals surface area (Å²) in [6.45, 7) is 8.87. The lowest BCUT2D eigenvalue weighted by molar-refractivity contribution is 0.0598. The number of fused-ring (bicyclic) bond motifs is 2. The fourth-order valence-electron chi connectivity index (χ4n) is 3.30. The Morgan fingerprint density at radius 2 is 2.18 bits per heavy atom. The van der Waals surface area contributed by atoms with E-state index in [1.54, 1.807) is 6.92 Å². The first-order chi connectivity index (χ1) is 7.91. The fourth-order valence-corrected chi connectivity index (χ4v) is 3.30. The molecule has 0 aromatic carbocycles. The van der Waals surface area contributed by atoms with Crippen molar-refractivity contribution in [1.82, 2.24) is 0 Å². The van der Waals surface area contributed by atoms with E-state index >= 15 is 0 Å². The standard InChI is InChI=1S/C13H21NO3/c1-5-16-11(15)17-14-10-8-9-6-7-13(10,4)12(9,2)3/h9H,5-8H2,1-4H3/b14-10-. The highest BCUT2D eigenvalue weighted by atomic mass is 16.8. The lowest BCUT2D eigenvalue weighted by Crippen LogP contribution is -2.32. The van der Waals surface area contributed by atoms with Gasteiger partial charge in [0.05, 0.1) is 12.3 Å². The highest BCUT2D eigenvalue weighted by Gasteiger charge is 2.60. The van der Waals surface area contributed by atoms with Gasteiger partial charge in [0.1, 0.15) is 0 Å². The molecule has 2 saturated carbocycles. The molecule has 2 bridgehead atoms. The minimum absolute atomic E-state index is 0.0736. The maximum absolute atomic E-state index is 11.1. The molecule has 2 atom stereocenters. The summed E-state index contributed by atoms with van der Waals surface area (Å²) in [5.41, 5.74) is 1.35. The molecule has 2 unspecified atom stereocenters. The van der Waals surface area contributed by atoms with Crippen LogP contribution < -0.4 is 0 Å². The van der Waals surface area contributed by atoms with Gasteiger partial charge in [-0.3, -0.25) is 4.84 Å². The molecular weight excluding hydrogens is 218 g/mol. The Labute approximate surface area is 102 Å². The molecular formula is C13H21NO3. The topological polar surface area (TPSA) is 47.9 Å². The maximum atomic E-state index is 11.1. The molecule has 2 rings (SSSR count). The normalized spacial score (nSPS) is 36.2. The first-order valence-electron chi connectivity index (χ1n) is 6.33. The third-order valence-electron chi connectivity index (χ3n) is 5.00. The molecule has 2 aliphatic carbocycles. The van der Waals surface area contributed by atoms with Crippen LogP contribution >= 0.6 is 0 Å². The number of nitrogens with zero attached hydrogens (tertiary/aromatic N) is 1. The van der Waals surface area contributed by atoms with E-state index in [-0.39, 0.29) is 10.8 Å². The molecule has 0 N–H and O–H groups in total. The molecule has 0 spiro atoms. The second-order valence-electron chi connectivity index (χ2n) is 5.81. The number of carbonyl (C=O) groups excluding carboxylic acids is 1. The van der Waals surface area contributed by atoms with Crippen LogP contribution in [0.2, 0.25) is 0 Å². The predicted molar refractivity (Wildman–Crippen MR) is 64.8 cm³/mol. The third-order valence-corrected chi connectivity index (χ3v) is 5.00. The van der Waals surface area contributed by atoms with Crippen LogP contribution in [-0.4, -0.2) is 18.5 Å². The summed E-state index contributed by atoms with van der Waals surface area (Å²) in [5.74, 6) is 0.664. The largest absolute Gasteiger partial charge is 0.535 e. The Bertz CT molecular complexity index is 362. The van der Waals surface area contributed by atoms with Crippen LogP contribution in [0.4, 0.5) is 4.79 Å². The average molecular weight is 239 g/mol. The van der Waals surface area contributed by atoms with Crippen LogP contribution in [0.25, 0.3) is 0 Å². The van der Waals surface area contributed by atoms with E-state index < -0.39 is 6.16 Å². The number of oxime groups is 1. The van der Waals surface area contributed by atoms with Gasteiger partial charge < -0.3 is 4.74 Å². The van der Waals surface area contributed by atoms with Gasteiger partial charge in [0, 0.05) is 5.41 Å². The van der Waals surface area contributed by atoms with E-state index in [0.29, 0.717) is 12.5 Å². The number of hydrogen-bond acceptors (Lipinski definition) is 4. The van der Waals surface area contributed by atoms with Crippen molar-refractivity contribution in [2.75, 3.05) is 6.61 Å². The first-order valence-corrected chi connectivity index (χ1v) is 6.33. The van der Waals surface area contributed by atoms with Crippen molar-refractivity contribution in [1.29, 1.82) is 0 Å². The molecule has 4 heteroatoms. The van der Waals surface area contributed by atoms with Crippen molar-refractivity contribution in [3.63, 3.8) is 0 Å². The van der Waals surface area contributed by atoms with E-state index in [0.717, 1.165) is 18.6 Å². The van der Waals surface area contributed by atoms with Crippen molar-refractivity contribution in [3.8, 4) is 0 Å². The van der Waals surface area contributed by atoms with Crippen molar-refractivity contribution in [3.05, 3.63) is 0 Å². The molecule has 0 radical (unpaired) electrons. The van der Waals surface area contributed by atoms with E-state index in [1.807, 2.05) is 0 Å². The molecule has 0 amide bonds. The second-order valence-corrected chi connectivity index (χ2v) is 5.81. The lowest BCUT2D eigenvalue weighted by Gasteiger charge is -2.34. The number of carbonyl (C=O) groups is 1. The van der Waals surface area contributed by atoms with Gasteiger partial charge in [-0.25, -0.2) is 4.79 Å². The highest BCUT2D eigenvalue weighted by Crippen LogP contribution is 2.63. The Kier molecular flexibility index (Phi) is 2.92. The molecule has 0 aromatic rings. The monoisotopic (exact) mass is 239 g/mol. The Morgan fingerprint density at radius 1 is 1.47 bits per heavy atom. The molecule has 96 valence electrons. The van der Waals surface area contributed by atoms with Crippen LogP contribution in [-0.2, 0) is 9.57 Å². The van der Waals surface area contributed by atoms with E-state index in [1.165, 1.54) is 6.42 Å². The van der Waals surface area contributed by atoms with Gasteiger partial charge in [0.2, 0.25) is 0 Å². The van der Waals surface area contributed by atoms with Crippen LogP contribution in [0.1, 0.15) is 47.0 Å². The first kappa shape index (κ1) is 12.4. The molecule has 2 fully saturated rings. The van der Waals surface area contributed by atoms with Crippen LogP contribution in [0.15, 0.2) is 5.16 Å². The average Bonchev–Trinajstić information content (AvgIpc) is 2.59. The van der Waals surface area contributed by atoms with Gasteiger partial charge in [-0.15, -0.1) is 0 Å². The number of hydrogen-bond donors (Lipinski definition) is 0. The number of rotatable bonds is 2. The Morgan fingerprint density at radius 3 is 2.65 bits per heavy atom. The molecule has 2 aliphatic rings. The molecule has 17 heavy (non-hydrogen) atoms. The Hall–Kier alpha value is -1.06. The van der Waals surface area contributed by atoms with Gasteiger partial charge >= 0.3 is 6.16 Å². The summed E-state index contributed by atoms with van der Waals surface area (Å²) in [5, 5.41) is 4.03. The van der Waals surface area contributed by atoms with Gasteiger partial charge in [-0.2, -0.15) is 0 Å². The summed E-state index contributed by atoms with van der Waals surface area (Å²) in [6, 6.07) is 0. The van der Waals surface area contributed by atoms with Gasteiger partial charge in [0.15, 0.2) is 0 Å². The van der Waals surface area contributed by atoms with E-state index in [2.05, 4.69) is 25.9 Å². The fraction of sp³-hybridized carbons (Fsp3) is 0.846. The minimum Gasteiger partial charge on any atom is -0.433 e. The minimum atomic E-state index is -0.704. The zero-order valence-electron chi connectivity index (χ0n) is 11.1.